The zero-order chi connectivity index (χ0) is 13.4. The third-order valence-corrected chi connectivity index (χ3v) is 5.36. The van der Waals surface area contributed by atoms with Crippen molar-refractivity contribution in [1.29, 1.82) is 0 Å². The molecule has 2 N–H and O–H groups in total. The van der Waals surface area contributed by atoms with Gasteiger partial charge in [-0.05, 0) is 76.2 Å². The van der Waals surface area contributed by atoms with Crippen LogP contribution in [-0.2, 0) is 12.8 Å². The summed E-state index contributed by atoms with van der Waals surface area (Å²) in [7, 11) is 0. The minimum Gasteiger partial charge on any atom is -0.320 e. The Kier molecular flexibility index (Phi) is 3.83. The van der Waals surface area contributed by atoms with Gasteiger partial charge in [-0.3, -0.25) is 0 Å². The lowest BCUT2D eigenvalue weighted by atomic mass is 9.96. The minimum absolute atomic E-state index is 0.0969. The summed E-state index contributed by atoms with van der Waals surface area (Å²) in [6.07, 6.45) is 3.66. The Labute approximate surface area is 132 Å². The van der Waals surface area contributed by atoms with Gasteiger partial charge in [-0.1, -0.05) is 35.9 Å². The highest BCUT2D eigenvalue weighted by atomic mass is 127. The topological polar surface area (TPSA) is 26.0 Å². The summed E-state index contributed by atoms with van der Waals surface area (Å²) in [4.78, 5) is 0. The van der Waals surface area contributed by atoms with Crippen LogP contribution in [0.5, 0.6) is 0 Å². The second-order valence-electron chi connectivity index (χ2n) is 5.03. The second kappa shape index (κ2) is 5.43. The van der Waals surface area contributed by atoms with Crippen molar-refractivity contribution in [3.05, 3.63) is 67.2 Å². The molecule has 0 radical (unpaired) electrons. The summed E-state index contributed by atoms with van der Waals surface area (Å²) in [5.74, 6) is 0. The fourth-order valence-electron chi connectivity index (χ4n) is 2.68. The molecule has 0 amide bonds. The summed E-state index contributed by atoms with van der Waals surface area (Å²) in [5, 5.41) is 0.773. The van der Waals surface area contributed by atoms with Crippen LogP contribution in [0.1, 0.15) is 34.7 Å². The van der Waals surface area contributed by atoms with Gasteiger partial charge in [0.2, 0.25) is 0 Å². The lowest BCUT2D eigenvalue weighted by Gasteiger charge is -2.15. The van der Waals surface area contributed by atoms with Crippen LogP contribution in [0.3, 0.4) is 0 Å². The summed E-state index contributed by atoms with van der Waals surface area (Å²) in [5.41, 5.74) is 11.6. The van der Waals surface area contributed by atoms with Crippen LogP contribution in [0.2, 0.25) is 5.02 Å². The molecular formula is C16H15ClIN. The lowest BCUT2D eigenvalue weighted by molar-refractivity contribution is 0.867. The molecule has 1 atom stereocenters. The maximum Gasteiger partial charge on any atom is 0.0552 e. The fraction of sp³-hybridized carbons (Fsp3) is 0.250. The van der Waals surface area contributed by atoms with Crippen molar-refractivity contribution in [2.75, 3.05) is 0 Å². The molecule has 1 aliphatic carbocycles. The van der Waals surface area contributed by atoms with E-state index in [0.29, 0.717) is 0 Å². The molecule has 19 heavy (non-hydrogen) atoms. The van der Waals surface area contributed by atoms with E-state index in [0.717, 1.165) is 14.2 Å². The molecule has 0 fully saturated rings. The van der Waals surface area contributed by atoms with E-state index >= 15 is 0 Å². The van der Waals surface area contributed by atoms with Crippen LogP contribution < -0.4 is 5.73 Å². The second-order valence-corrected chi connectivity index (χ2v) is 6.60. The number of fused-ring (bicyclic) bond motifs is 1. The van der Waals surface area contributed by atoms with Gasteiger partial charge in [-0.2, -0.15) is 0 Å². The van der Waals surface area contributed by atoms with E-state index in [9.17, 15) is 0 Å². The van der Waals surface area contributed by atoms with Crippen molar-refractivity contribution >= 4 is 34.2 Å². The van der Waals surface area contributed by atoms with Crippen LogP contribution in [0.15, 0.2) is 36.4 Å². The SMILES string of the molecule is NC(c1ccc(I)c(Cl)c1)c1ccc2c(c1)CCC2. The van der Waals surface area contributed by atoms with E-state index in [4.69, 9.17) is 17.3 Å². The van der Waals surface area contributed by atoms with E-state index in [1.165, 1.54) is 36.0 Å². The Balaban J connectivity index is 1.94. The van der Waals surface area contributed by atoms with Crippen molar-refractivity contribution in [2.24, 2.45) is 5.73 Å². The highest BCUT2D eigenvalue weighted by Gasteiger charge is 2.15. The lowest BCUT2D eigenvalue weighted by Crippen LogP contribution is -2.12. The Morgan fingerprint density at radius 1 is 1.00 bits per heavy atom. The van der Waals surface area contributed by atoms with Gasteiger partial charge >= 0.3 is 0 Å². The predicted octanol–water partition coefficient (Wildman–Crippen LogP) is 4.48. The molecule has 1 nitrogen and oxygen atoms in total. The molecule has 2 aromatic rings. The number of hydrogen-bond acceptors (Lipinski definition) is 1. The van der Waals surface area contributed by atoms with E-state index < -0.39 is 0 Å². The van der Waals surface area contributed by atoms with Crippen molar-refractivity contribution < 1.29 is 0 Å². The molecule has 0 saturated carbocycles. The molecule has 1 unspecified atom stereocenters. The zero-order valence-electron chi connectivity index (χ0n) is 10.5. The van der Waals surface area contributed by atoms with Gasteiger partial charge < -0.3 is 5.73 Å². The standard InChI is InChI=1S/C16H15ClIN/c17-14-9-13(6-7-15(14)18)16(19)12-5-4-10-2-1-3-11(10)8-12/h4-9,16H,1-3,19H2. The van der Waals surface area contributed by atoms with Gasteiger partial charge in [-0.15, -0.1) is 0 Å². The summed E-state index contributed by atoms with van der Waals surface area (Å²) in [6, 6.07) is 12.6. The Bertz CT molecular complexity index is 624. The Morgan fingerprint density at radius 3 is 2.47 bits per heavy atom. The largest absolute Gasteiger partial charge is 0.320 e. The van der Waals surface area contributed by atoms with E-state index in [1.54, 1.807) is 0 Å². The number of nitrogens with two attached hydrogens (primary N) is 1. The van der Waals surface area contributed by atoms with Crippen LogP contribution in [0.4, 0.5) is 0 Å². The van der Waals surface area contributed by atoms with Crippen molar-refractivity contribution in [3.8, 4) is 0 Å². The molecule has 2 aromatic carbocycles. The molecule has 3 heteroatoms. The average Bonchev–Trinajstić information content (AvgIpc) is 2.88. The maximum absolute atomic E-state index is 6.37. The van der Waals surface area contributed by atoms with Crippen molar-refractivity contribution in [2.45, 2.75) is 25.3 Å². The van der Waals surface area contributed by atoms with Gasteiger partial charge in [0.25, 0.3) is 0 Å². The minimum atomic E-state index is -0.0969. The molecule has 98 valence electrons. The van der Waals surface area contributed by atoms with Gasteiger partial charge in [0.05, 0.1) is 11.1 Å². The molecule has 0 aromatic heterocycles. The first-order chi connectivity index (χ1) is 9.15. The number of aryl methyl sites for hydroxylation is 2. The molecular weight excluding hydrogens is 369 g/mol. The number of hydrogen-bond donors (Lipinski definition) is 1. The molecule has 0 aliphatic heterocycles. The highest BCUT2D eigenvalue weighted by molar-refractivity contribution is 14.1. The summed E-state index contributed by atoms with van der Waals surface area (Å²) < 4.78 is 1.06. The normalized spacial score (nSPS) is 15.3. The van der Waals surface area contributed by atoms with Gasteiger partial charge in [0, 0.05) is 3.57 Å². The number of halogens is 2. The third kappa shape index (κ3) is 2.67. The third-order valence-electron chi connectivity index (χ3n) is 3.78. The zero-order valence-corrected chi connectivity index (χ0v) is 13.4. The Hall–Kier alpha value is -0.580. The van der Waals surface area contributed by atoms with Crippen LogP contribution >= 0.6 is 34.2 Å². The molecule has 0 bridgehead atoms. The van der Waals surface area contributed by atoms with Crippen LogP contribution in [0.25, 0.3) is 0 Å². The smallest absolute Gasteiger partial charge is 0.0552 e. The number of benzene rings is 2. The van der Waals surface area contributed by atoms with E-state index in [2.05, 4.69) is 46.9 Å². The van der Waals surface area contributed by atoms with E-state index in [1.807, 2.05) is 12.1 Å². The predicted molar refractivity (Wildman–Crippen MR) is 88.7 cm³/mol. The molecule has 1 aliphatic rings. The van der Waals surface area contributed by atoms with Gasteiger partial charge in [0.15, 0.2) is 0 Å². The molecule has 3 rings (SSSR count). The molecule has 0 spiro atoms. The first-order valence-corrected chi connectivity index (χ1v) is 7.93. The average molecular weight is 384 g/mol. The van der Waals surface area contributed by atoms with Crippen LogP contribution in [-0.4, -0.2) is 0 Å². The van der Waals surface area contributed by atoms with Crippen molar-refractivity contribution in [3.63, 3.8) is 0 Å². The van der Waals surface area contributed by atoms with Gasteiger partial charge in [-0.25, -0.2) is 0 Å². The van der Waals surface area contributed by atoms with Gasteiger partial charge in [0.1, 0.15) is 0 Å². The monoisotopic (exact) mass is 383 g/mol. The first-order valence-electron chi connectivity index (χ1n) is 6.47. The fourth-order valence-corrected chi connectivity index (χ4v) is 3.21. The summed E-state index contributed by atoms with van der Waals surface area (Å²) in [6.45, 7) is 0. The maximum atomic E-state index is 6.37. The first kappa shape index (κ1) is 13.4. The van der Waals surface area contributed by atoms with E-state index in [-0.39, 0.29) is 6.04 Å². The van der Waals surface area contributed by atoms with Crippen LogP contribution in [0, 0.1) is 3.57 Å². The number of rotatable bonds is 2. The summed E-state index contributed by atoms with van der Waals surface area (Å²) >= 11 is 8.41. The Morgan fingerprint density at radius 2 is 1.68 bits per heavy atom. The molecule has 0 saturated heterocycles. The molecule has 0 heterocycles. The van der Waals surface area contributed by atoms with Crippen molar-refractivity contribution in [1.82, 2.24) is 0 Å². The highest BCUT2D eigenvalue weighted by Crippen LogP contribution is 2.29. The quantitative estimate of drug-likeness (QED) is 0.760.